The Morgan fingerprint density at radius 2 is 2.18 bits per heavy atom. The average molecular weight is 258 g/mol. The molecule has 3 unspecified atom stereocenters. The molecule has 0 aliphatic carbocycles. The van der Waals surface area contributed by atoms with Crippen LogP contribution in [0.15, 0.2) is 0 Å². The molecule has 0 saturated carbocycles. The molecular formula is C13H26N2OS. The summed E-state index contributed by atoms with van der Waals surface area (Å²) >= 11 is 1.95. The monoisotopic (exact) mass is 258 g/mol. The molecule has 1 aliphatic rings. The fourth-order valence-corrected chi connectivity index (χ4v) is 3.24. The molecule has 1 amide bonds. The van der Waals surface area contributed by atoms with E-state index in [9.17, 15) is 4.79 Å². The number of carbonyl (C=O) groups excluding carboxylic acids is 1. The van der Waals surface area contributed by atoms with Crippen molar-refractivity contribution in [3.05, 3.63) is 0 Å². The minimum Gasteiger partial charge on any atom is -0.323 e. The van der Waals surface area contributed by atoms with Gasteiger partial charge in [0.2, 0.25) is 5.91 Å². The Balaban J connectivity index is 2.48. The lowest BCUT2D eigenvalue weighted by Crippen LogP contribution is -2.41. The second kappa shape index (κ2) is 7.27. The van der Waals surface area contributed by atoms with E-state index in [1.165, 1.54) is 0 Å². The van der Waals surface area contributed by atoms with Gasteiger partial charge >= 0.3 is 0 Å². The van der Waals surface area contributed by atoms with Gasteiger partial charge in [-0.05, 0) is 38.2 Å². The van der Waals surface area contributed by atoms with E-state index in [-0.39, 0.29) is 12.2 Å². The molecular weight excluding hydrogens is 232 g/mol. The van der Waals surface area contributed by atoms with Crippen molar-refractivity contribution in [1.29, 1.82) is 0 Å². The molecule has 100 valence electrons. The Bertz CT molecular complexity index is 248. The first-order valence-corrected chi connectivity index (χ1v) is 7.93. The lowest BCUT2D eigenvalue weighted by molar-refractivity contribution is -0.131. The number of amides is 1. The van der Waals surface area contributed by atoms with Crippen molar-refractivity contribution in [2.24, 2.45) is 0 Å². The van der Waals surface area contributed by atoms with Crippen molar-refractivity contribution in [2.75, 3.05) is 11.5 Å². The van der Waals surface area contributed by atoms with Crippen LogP contribution in [0.2, 0.25) is 0 Å². The van der Waals surface area contributed by atoms with E-state index in [2.05, 4.69) is 33.0 Å². The van der Waals surface area contributed by atoms with Gasteiger partial charge in [0.05, 0.1) is 12.2 Å². The van der Waals surface area contributed by atoms with Crippen molar-refractivity contribution in [3.8, 4) is 0 Å². The highest BCUT2D eigenvalue weighted by Gasteiger charge is 2.37. The largest absolute Gasteiger partial charge is 0.323 e. The third kappa shape index (κ3) is 3.88. The van der Waals surface area contributed by atoms with Crippen LogP contribution in [0.3, 0.4) is 0 Å². The number of thioether (sulfide) groups is 1. The molecule has 1 rings (SSSR count). The predicted octanol–water partition coefficient (Wildman–Crippen LogP) is 2.46. The Hall–Kier alpha value is -0.220. The van der Waals surface area contributed by atoms with E-state index >= 15 is 0 Å². The zero-order valence-electron chi connectivity index (χ0n) is 11.5. The first-order chi connectivity index (χ1) is 8.11. The summed E-state index contributed by atoms with van der Waals surface area (Å²) in [7, 11) is 0. The van der Waals surface area contributed by atoms with Crippen LogP contribution in [0, 0.1) is 0 Å². The van der Waals surface area contributed by atoms with Crippen molar-refractivity contribution < 1.29 is 4.79 Å². The summed E-state index contributed by atoms with van der Waals surface area (Å²) in [5.41, 5.74) is 0. The second-order valence-corrected chi connectivity index (χ2v) is 6.16. The fraction of sp³-hybridized carbons (Fsp3) is 0.923. The molecule has 3 atom stereocenters. The molecule has 0 aromatic carbocycles. The van der Waals surface area contributed by atoms with Crippen LogP contribution >= 0.6 is 11.8 Å². The first kappa shape index (κ1) is 14.8. The smallest absolute Gasteiger partial charge is 0.241 e. The van der Waals surface area contributed by atoms with Gasteiger partial charge in [0.1, 0.15) is 0 Å². The Labute approximate surface area is 110 Å². The van der Waals surface area contributed by atoms with Crippen molar-refractivity contribution in [2.45, 2.75) is 65.2 Å². The van der Waals surface area contributed by atoms with E-state index in [0.717, 1.165) is 30.8 Å². The summed E-state index contributed by atoms with van der Waals surface area (Å²) in [6, 6.07) is 0.405. The lowest BCUT2D eigenvalue weighted by Gasteiger charge is -2.28. The van der Waals surface area contributed by atoms with E-state index < -0.39 is 0 Å². The van der Waals surface area contributed by atoms with Gasteiger partial charge in [0.15, 0.2) is 0 Å². The summed E-state index contributed by atoms with van der Waals surface area (Å²) in [5, 5.41) is 3.40. The van der Waals surface area contributed by atoms with Crippen LogP contribution in [0.5, 0.6) is 0 Å². The Kier molecular flexibility index (Phi) is 6.34. The highest BCUT2D eigenvalue weighted by molar-refractivity contribution is 7.99. The maximum Gasteiger partial charge on any atom is 0.241 e. The van der Waals surface area contributed by atoms with Crippen molar-refractivity contribution in [1.82, 2.24) is 10.2 Å². The number of hydrogen-bond donors (Lipinski definition) is 1. The normalized spacial score (nSPS) is 26.6. The molecule has 3 nitrogen and oxygen atoms in total. The molecule has 4 heteroatoms. The van der Waals surface area contributed by atoms with Gasteiger partial charge in [-0.25, -0.2) is 0 Å². The predicted molar refractivity (Wildman–Crippen MR) is 75.2 cm³/mol. The van der Waals surface area contributed by atoms with Gasteiger partial charge in [-0.1, -0.05) is 20.3 Å². The first-order valence-electron chi connectivity index (χ1n) is 6.77. The molecule has 0 radical (unpaired) electrons. The number of nitrogens with one attached hydrogen (secondary N) is 1. The number of carbonyl (C=O) groups is 1. The molecule has 0 bridgehead atoms. The van der Waals surface area contributed by atoms with E-state index in [1.54, 1.807) is 0 Å². The summed E-state index contributed by atoms with van der Waals surface area (Å²) in [6.07, 6.45) is 3.30. The third-order valence-corrected chi connectivity index (χ3v) is 4.28. The Morgan fingerprint density at radius 1 is 1.47 bits per heavy atom. The fourth-order valence-electron chi connectivity index (χ4n) is 2.45. The van der Waals surface area contributed by atoms with Crippen LogP contribution in [-0.4, -0.2) is 40.6 Å². The molecule has 17 heavy (non-hydrogen) atoms. The summed E-state index contributed by atoms with van der Waals surface area (Å²) < 4.78 is 0. The molecule has 1 aliphatic heterocycles. The van der Waals surface area contributed by atoms with Crippen LogP contribution < -0.4 is 5.32 Å². The number of nitrogens with zero attached hydrogens (tertiary/aromatic N) is 1. The van der Waals surface area contributed by atoms with Gasteiger partial charge in [0, 0.05) is 6.04 Å². The summed E-state index contributed by atoms with van der Waals surface area (Å²) in [4.78, 5) is 14.3. The molecule has 1 N–H and O–H groups in total. The second-order valence-electron chi connectivity index (χ2n) is 4.76. The Morgan fingerprint density at radius 3 is 2.76 bits per heavy atom. The molecule has 0 aromatic heterocycles. The highest BCUT2D eigenvalue weighted by Crippen LogP contribution is 2.20. The van der Waals surface area contributed by atoms with Crippen LogP contribution in [0.1, 0.15) is 47.0 Å². The van der Waals surface area contributed by atoms with Gasteiger partial charge < -0.3 is 4.90 Å². The van der Waals surface area contributed by atoms with Crippen molar-refractivity contribution in [3.63, 3.8) is 0 Å². The average Bonchev–Trinajstić information content (AvgIpc) is 2.55. The maximum absolute atomic E-state index is 12.2. The minimum atomic E-state index is 0.0521. The lowest BCUT2D eigenvalue weighted by atomic mass is 10.1. The molecule has 0 spiro atoms. The van der Waals surface area contributed by atoms with E-state index in [1.807, 2.05) is 16.7 Å². The quantitative estimate of drug-likeness (QED) is 0.712. The molecule has 1 fully saturated rings. The molecule has 1 heterocycles. The molecule has 1 saturated heterocycles. The zero-order chi connectivity index (χ0) is 12.8. The topological polar surface area (TPSA) is 32.3 Å². The summed E-state index contributed by atoms with van der Waals surface area (Å²) in [6.45, 7) is 8.57. The maximum atomic E-state index is 12.2. The van der Waals surface area contributed by atoms with Gasteiger partial charge in [-0.2, -0.15) is 11.8 Å². The van der Waals surface area contributed by atoms with Gasteiger partial charge in [-0.15, -0.1) is 0 Å². The molecule has 0 aromatic rings. The van der Waals surface area contributed by atoms with Gasteiger partial charge in [0.25, 0.3) is 0 Å². The standard InChI is InChI=1S/C13H26N2OS/c1-5-7-12-13(16)15(11(4)14-12)10(3)8-9-17-6-2/h10-12,14H,5-9H2,1-4H3. The highest BCUT2D eigenvalue weighted by atomic mass is 32.2. The third-order valence-electron chi connectivity index (χ3n) is 3.35. The SMILES string of the molecule is CCCC1NC(C)N(C(C)CCSCC)C1=O. The van der Waals surface area contributed by atoms with Crippen LogP contribution in [0.4, 0.5) is 0 Å². The zero-order valence-corrected chi connectivity index (χ0v) is 12.3. The van der Waals surface area contributed by atoms with Crippen LogP contribution in [0.25, 0.3) is 0 Å². The number of rotatable bonds is 7. The minimum absolute atomic E-state index is 0.0521. The van der Waals surface area contributed by atoms with E-state index in [4.69, 9.17) is 0 Å². The van der Waals surface area contributed by atoms with Gasteiger partial charge in [-0.3, -0.25) is 10.1 Å². The summed E-state index contributed by atoms with van der Waals surface area (Å²) in [5.74, 6) is 2.60. The van der Waals surface area contributed by atoms with Crippen LogP contribution in [-0.2, 0) is 4.79 Å². The van der Waals surface area contributed by atoms with E-state index in [0.29, 0.717) is 11.9 Å². The van der Waals surface area contributed by atoms with Crippen molar-refractivity contribution >= 4 is 17.7 Å². The number of hydrogen-bond acceptors (Lipinski definition) is 3.